The average molecular weight is 296 g/mol. The van der Waals surface area contributed by atoms with Crippen LogP contribution < -0.4 is 5.32 Å². The smallest absolute Gasteiger partial charge is 0.337 e. The zero-order valence-corrected chi connectivity index (χ0v) is 13.0. The van der Waals surface area contributed by atoms with Crippen LogP contribution in [0.15, 0.2) is 18.2 Å². The molecule has 1 aliphatic rings. The largest absolute Gasteiger partial charge is 0.465 e. The molecule has 0 amide bonds. The van der Waals surface area contributed by atoms with Crippen molar-refractivity contribution in [3.8, 4) is 0 Å². The number of esters is 1. The third kappa shape index (κ3) is 3.45. The Kier molecular flexibility index (Phi) is 4.92. The van der Waals surface area contributed by atoms with E-state index in [-0.39, 0.29) is 5.97 Å². The van der Waals surface area contributed by atoms with Gasteiger partial charge >= 0.3 is 5.97 Å². The predicted molar refractivity (Wildman–Crippen MR) is 82.4 cm³/mol. The lowest BCUT2D eigenvalue weighted by molar-refractivity contribution is 0.0601. The van der Waals surface area contributed by atoms with Gasteiger partial charge in [-0.05, 0) is 49.3 Å². The second-order valence-corrected chi connectivity index (χ2v) is 6.24. The monoisotopic (exact) mass is 295 g/mol. The molecule has 1 aromatic carbocycles. The Hall–Kier alpha value is -1.22. The van der Waals surface area contributed by atoms with E-state index < -0.39 is 0 Å². The van der Waals surface area contributed by atoms with Crippen molar-refractivity contribution in [2.75, 3.05) is 12.4 Å². The van der Waals surface area contributed by atoms with Gasteiger partial charge in [-0.3, -0.25) is 0 Å². The molecule has 0 spiro atoms. The number of benzene rings is 1. The first-order valence-corrected chi connectivity index (χ1v) is 7.53. The van der Waals surface area contributed by atoms with Crippen LogP contribution in [0.4, 0.5) is 5.69 Å². The van der Waals surface area contributed by atoms with Gasteiger partial charge in [0.1, 0.15) is 0 Å². The maximum atomic E-state index is 11.6. The van der Waals surface area contributed by atoms with E-state index in [0.29, 0.717) is 22.5 Å². The van der Waals surface area contributed by atoms with Crippen molar-refractivity contribution < 1.29 is 9.53 Å². The second kappa shape index (κ2) is 6.49. The number of methoxy groups -OCH3 is 1. The van der Waals surface area contributed by atoms with Crippen LogP contribution in [0.3, 0.4) is 0 Å². The quantitative estimate of drug-likeness (QED) is 0.842. The standard InChI is InChI=1S/C16H22ClNO2/c1-10-4-7-14(11(2)8-10)18-15-9-12(16(19)20-3)5-6-13(15)17/h5-6,9-11,14,18H,4,7-8H2,1-3H3. The lowest BCUT2D eigenvalue weighted by Crippen LogP contribution is -2.33. The van der Waals surface area contributed by atoms with Gasteiger partial charge < -0.3 is 10.1 Å². The topological polar surface area (TPSA) is 38.3 Å². The molecular formula is C16H22ClNO2. The Labute approximate surface area is 125 Å². The molecule has 0 radical (unpaired) electrons. The van der Waals surface area contributed by atoms with Gasteiger partial charge in [0.2, 0.25) is 0 Å². The molecule has 4 heteroatoms. The maximum absolute atomic E-state index is 11.6. The van der Waals surface area contributed by atoms with Crippen molar-refractivity contribution in [3.63, 3.8) is 0 Å². The van der Waals surface area contributed by atoms with Crippen molar-refractivity contribution in [1.29, 1.82) is 0 Å². The molecule has 0 aromatic heterocycles. The summed E-state index contributed by atoms with van der Waals surface area (Å²) in [6.07, 6.45) is 3.60. The van der Waals surface area contributed by atoms with E-state index in [0.717, 1.165) is 18.0 Å². The average Bonchev–Trinajstić information content (AvgIpc) is 2.43. The minimum atomic E-state index is -0.338. The number of ether oxygens (including phenoxy) is 1. The number of carbonyl (C=O) groups is 1. The lowest BCUT2D eigenvalue weighted by Gasteiger charge is -2.34. The minimum absolute atomic E-state index is 0.338. The van der Waals surface area contributed by atoms with Gasteiger partial charge in [-0.2, -0.15) is 0 Å². The van der Waals surface area contributed by atoms with E-state index in [1.807, 2.05) is 0 Å². The highest BCUT2D eigenvalue weighted by Gasteiger charge is 2.25. The van der Waals surface area contributed by atoms with Crippen LogP contribution in [0.25, 0.3) is 0 Å². The maximum Gasteiger partial charge on any atom is 0.337 e. The minimum Gasteiger partial charge on any atom is -0.465 e. The molecule has 1 aliphatic carbocycles. The fourth-order valence-electron chi connectivity index (χ4n) is 2.96. The van der Waals surface area contributed by atoms with Gasteiger partial charge in [0.15, 0.2) is 0 Å². The molecule has 3 unspecified atom stereocenters. The molecule has 0 aliphatic heterocycles. The first-order chi connectivity index (χ1) is 9.51. The summed E-state index contributed by atoms with van der Waals surface area (Å²) in [5.74, 6) is 1.06. The number of rotatable bonds is 3. The molecule has 3 atom stereocenters. The van der Waals surface area contributed by atoms with Crippen molar-refractivity contribution in [3.05, 3.63) is 28.8 Å². The highest BCUT2D eigenvalue weighted by atomic mass is 35.5. The summed E-state index contributed by atoms with van der Waals surface area (Å²) in [7, 11) is 1.38. The van der Waals surface area contributed by atoms with Gasteiger partial charge in [-0.25, -0.2) is 4.79 Å². The Balaban J connectivity index is 2.14. The predicted octanol–water partition coefficient (Wildman–Crippen LogP) is 4.36. The Morgan fingerprint density at radius 2 is 2.10 bits per heavy atom. The molecule has 2 rings (SSSR count). The molecule has 3 nitrogen and oxygen atoms in total. The summed E-state index contributed by atoms with van der Waals surface area (Å²) >= 11 is 6.23. The van der Waals surface area contributed by atoms with Gasteiger partial charge in [-0.15, -0.1) is 0 Å². The molecule has 20 heavy (non-hydrogen) atoms. The molecular weight excluding hydrogens is 274 g/mol. The number of hydrogen-bond donors (Lipinski definition) is 1. The number of hydrogen-bond acceptors (Lipinski definition) is 3. The first kappa shape index (κ1) is 15.2. The Bertz CT molecular complexity index is 489. The molecule has 1 saturated carbocycles. The Morgan fingerprint density at radius 3 is 2.75 bits per heavy atom. The van der Waals surface area contributed by atoms with Crippen LogP contribution in [-0.4, -0.2) is 19.1 Å². The van der Waals surface area contributed by atoms with Gasteiger partial charge in [0.25, 0.3) is 0 Å². The normalized spacial score (nSPS) is 26.1. The number of halogens is 1. The highest BCUT2D eigenvalue weighted by molar-refractivity contribution is 6.33. The summed E-state index contributed by atoms with van der Waals surface area (Å²) < 4.78 is 4.75. The second-order valence-electron chi connectivity index (χ2n) is 5.83. The van der Waals surface area contributed by atoms with E-state index in [1.165, 1.54) is 20.0 Å². The summed E-state index contributed by atoms with van der Waals surface area (Å²) in [6.45, 7) is 4.57. The van der Waals surface area contributed by atoms with E-state index in [9.17, 15) is 4.79 Å². The zero-order chi connectivity index (χ0) is 14.7. The van der Waals surface area contributed by atoms with Crippen LogP contribution >= 0.6 is 11.6 Å². The van der Waals surface area contributed by atoms with Crippen LogP contribution in [0.1, 0.15) is 43.5 Å². The van der Waals surface area contributed by atoms with E-state index in [2.05, 4.69) is 19.2 Å². The van der Waals surface area contributed by atoms with E-state index in [4.69, 9.17) is 16.3 Å². The summed E-state index contributed by atoms with van der Waals surface area (Å²) in [5, 5.41) is 4.14. The third-order valence-corrected chi connectivity index (χ3v) is 4.49. The van der Waals surface area contributed by atoms with Crippen LogP contribution in [0.5, 0.6) is 0 Å². The highest BCUT2D eigenvalue weighted by Crippen LogP contribution is 2.33. The van der Waals surface area contributed by atoms with Crippen molar-refractivity contribution >= 4 is 23.3 Å². The van der Waals surface area contributed by atoms with Crippen LogP contribution in [0, 0.1) is 11.8 Å². The number of carbonyl (C=O) groups excluding carboxylic acids is 1. The molecule has 110 valence electrons. The lowest BCUT2D eigenvalue weighted by atomic mass is 9.80. The van der Waals surface area contributed by atoms with E-state index >= 15 is 0 Å². The van der Waals surface area contributed by atoms with Crippen molar-refractivity contribution in [1.82, 2.24) is 0 Å². The third-order valence-electron chi connectivity index (χ3n) is 4.16. The zero-order valence-electron chi connectivity index (χ0n) is 12.3. The molecule has 0 bridgehead atoms. The van der Waals surface area contributed by atoms with Gasteiger partial charge in [0, 0.05) is 6.04 Å². The van der Waals surface area contributed by atoms with Crippen LogP contribution in [0.2, 0.25) is 5.02 Å². The molecule has 1 fully saturated rings. The summed E-state index contributed by atoms with van der Waals surface area (Å²) in [5.41, 5.74) is 1.34. The first-order valence-electron chi connectivity index (χ1n) is 7.15. The molecule has 1 N–H and O–H groups in total. The van der Waals surface area contributed by atoms with Gasteiger partial charge in [-0.1, -0.05) is 25.4 Å². The SMILES string of the molecule is COC(=O)c1ccc(Cl)c(NC2CCC(C)CC2C)c1. The fourth-order valence-corrected chi connectivity index (χ4v) is 3.13. The van der Waals surface area contributed by atoms with Crippen molar-refractivity contribution in [2.45, 2.75) is 39.2 Å². The number of anilines is 1. The van der Waals surface area contributed by atoms with E-state index in [1.54, 1.807) is 18.2 Å². The van der Waals surface area contributed by atoms with Gasteiger partial charge in [0.05, 0.1) is 23.4 Å². The number of nitrogens with one attached hydrogen (secondary N) is 1. The fraction of sp³-hybridized carbons (Fsp3) is 0.562. The molecule has 1 aromatic rings. The summed E-state index contributed by atoms with van der Waals surface area (Å²) in [6, 6.07) is 5.62. The molecule has 0 heterocycles. The summed E-state index contributed by atoms with van der Waals surface area (Å²) in [4.78, 5) is 11.6. The van der Waals surface area contributed by atoms with Crippen LogP contribution in [-0.2, 0) is 4.74 Å². The Morgan fingerprint density at radius 1 is 1.35 bits per heavy atom. The molecule has 0 saturated heterocycles. The van der Waals surface area contributed by atoms with Crippen molar-refractivity contribution in [2.24, 2.45) is 11.8 Å².